The van der Waals surface area contributed by atoms with Crippen molar-refractivity contribution in [3.05, 3.63) is 41.2 Å². The van der Waals surface area contributed by atoms with Crippen LogP contribution in [0, 0.1) is 11.2 Å². The fourth-order valence-electron chi connectivity index (χ4n) is 2.10. The van der Waals surface area contributed by atoms with E-state index in [4.69, 9.17) is 5.73 Å². The highest BCUT2D eigenvalue weighted by atomic mass is 32.1. The molecule has 0 atom stereocenters. The molecule has 118 valence electrons. The Labute approximate surface area is 133 Å². The van der Waals surface area contributed by atoms with Crippen LogP contribution in [0.2, 0.25) is 0 Å². The third-order valence-electron chi connectivity index (χ3n) is 3.39. The molecule has 0 fully saturated rings. The summed E-state index contributed by atoms with van der Waals surface area (Å²) in [5.41, 5.74) is 6.28. The third kappa shape index (κ3) is 3.69. The molecule has 6 heteroatoms. The molecule has 1 aromatic heterocycles. The van der Waals surface area contributed by atoms with Crippen molar-refractivity contribution in [1.82, 2.24) is 9.88 Å². The summed E-state index contributed by atoms with van der Waals surface area (Å²) in [5.74, 6) is -0.520. The highest BCUT2D eigenvalue weighted by Crippen LogP contribution is 2.26. The van der Waals surface area contributed by atoms with Gasteiger partial charge in [0.25, 0.3) is 5.91 Å². The molecule has 4 nitrogen and oxygen atoms in total. The van der Waals surface area contributed by atoms with Gasteiger partial charge in [-0.05, 0) is 24.1 Å². The summed E-state index contributed by atoms with van der Waals surface area (Å²) in [5, 5.41) is 2.17. The smallest absolute Gasteiger partial charge is 0.273 e. The first-order valence-corrected chi connectivity index (χ1v) is 7.88. The minimum Gasteiger partial charge on any atom is -0.340 e. The van der Waals surface area contributed by atoms with E-state index in [0.717, 1.165) is 0 Å². The zero-order chi connectivity index (χ0) is 16.3. The molecule has 0 aliphatic carbocycles. The summed E-state index contributed by atoms with van der Waals surface area (Å²) >= 11 is 1.26. The lowest BCUT2D eigenvalue weighted by Gasteiger charge is -2.28. The Kier molecular flexibility index (Phi) is 4.93. The topological polar surface area (TPSA) is 59.2 Å². The molecule has 0 aliphatic heterocycles. The van der Waals surface area contributed by atoms with Crippen molar-refractivity contribution < 1.29 is 9.18 Å². The second kappa shape index (κ2) is 6.54. The van der Waals surface area contributed by atoms with E-state index in [-0.39, 0.29) is 17.1 Å². The van der Waals surface area contributed by atoms with E-state index in [0.29, 0.717) is 29.4 Å². The number of aromatic nitrogens is 1. The number of carbonyl (C=O) groups excluding carboxylic acids is 1. The van der Waals surface area contributed by atoms with E-state index in [1.165, 1.54) is 17.4 Å². The maximum atomic E-state index is 13.8. The van der Waals surface area contributed by atoms with E-state index in [2.05, 4.69) is 4.98 Å². The number of rotatable bonds is 5. The van der Waals surface area contributed by atoms with Crippen LogP contribution >= 0.6 is 11.3 Å². The molecule has 1 aromatic carbocycles. The average Bonchev–Trinajstić information content (AvgIpc) is 2.96. The van der Waals surface area contributed by atoms with Crippen LogP contribution in [0.1, 0.15) is 24.3 Å². The van der Waals surface area contributed by atoms with E-state index in [9.17, 15) is 9.18 Å². The number of nitrogens with two attached hydrogens (primary N) is 1. The van der Waals surface area contributed by atoms with Gasteiger partial charge in [-0.25, -0.2) is 9.37 Å². The van der Waals surface area contributed by atoms with Gasteiger partial charge in [0.2, 0.25) is 0 Å². The largest absolute Gasteiger partial charge is 0.340 e. The maximum Gasteiger partial charge on any atom is 0.273 e. The number of hydrogen-bond acceptors (Lipinski definition) is 4. The maximum absolute atomic E-state index is 13.8. The minimum atomic E-state index is -0.339. The lowest BCUT2D eigenvalue weighted by Crippen LogP contribution is -2.39. The number of amides is 1. The summed E-state index contributed by atoms with van der Waals surface area (Å²) in [7, 11) is 1.72. The van der Waals surface area contributed by atoms with Crippen LogP contribution in [-0.2, 0) is 0 Å². The Morgan fingerprint density at radius 2 is 2.09 bits per heavy atom. The monoisotopic (exact) mass is 321 g/mol. The second-order valence-electron chi connectivity index (χ2n) is 6.05. The molecule has 2 aromatic rings. The van der Waals surface area contributed by atoms with Crippen molar-refractivity contribution in [3.8, 4) is 10.6 Å². The molecule has 0 aliphatic rings. The molecule has 0 spiro atoms. The molecule has 2 rings (SSSR count). The van der Waals surface area contributed by atoms with Crippen LogP contribution in [0.4, 0.5) is 4.39 Å². The van der Waals surface area contributed by atoms with Crippen molar-refractivity contribution in [3.63, 3.8) is 0 Å². The van der Waals surface area contributed by atoms with E-state index in [1.54, 1.807) is 35.5 Å². The van der Waals surface area contributed by atoms with E-state index < -0.39 is 0 Å². The third-order valence-corrected chi connectivity index (χ3v) is 4.27. The van der Waals surface area contributed by atoms with Crippen molar-refractivity contribution >= 4 is 17.2 Å². The normalized spacial score (nSPS) is 11.5. The number of thiazole rings is 1. The van der Waals surface area contributed by atoms with Crippen molar-refractivity contribution in [2.45, 2.75) is 13.8 Å². The van der Waals surface area contributed by atoms with E-state index in [1.807, 2.05) is 13.8 Å². The van der Waals surface area contributed by atoms with Crippen molar-refractivity contribution in [2.24, 2.45) is 11.1 Å². The quantitative estimate of drug-likeness (QED) is 0.921. The molecule has 0 radical (unpaired) electrons. The summed E-state index contributed by atoms with van der Waals surface area (Å²) in [4.78, 5) is 18.3. The molecule has 1 heterocycles. The highest BCUT2D eigenvalue weighted by Gasteiger charge is 2.23. The van der Waals surface area contributed by atoms with Gasteiger partial charge in [-0.2, -0.15) is 0 Å². The number of nitrogens with zero attached hydrogens (tertiary/aromatic N) is 2. The molecule has 2 N–H and O–H groups in total. The van der Waals surface area contributed by atoms with Gasteiger partial charge in [0.1, 0.15) is 16.5 Å². The zero-order valence-electron chi connectivity index (χ0n) is 13.0. The lowest BCUT2D eigenvalue weighted by atomic mass is 9.93. The molecular formula is C16H20FN3OS. The Hall–Kier alpha value is -1.79. The Morgan fingerprint density at radius 3 is 2.73 bits per heavy atom. The highest BCUT2D eigenvalue weighted by molar-refractivity contribution is 7.13. The first-order valence-electron chi connectivity index (χ1n) is 7.00. The van der Waals surface area contributed by atoms with E-state index >= 15 is 0 Å². The van der Waals surface area contributed by atoms with Crippen LogP contribution in [0.5, 0.6) is 0 Å². The number of halogens is 1. The van der Waals surface area contributed by atoms with Crippen LogP contribution in [0.15, 0.2) is 29.6 Å². The van der Waals surface area contributed by atoms with Gasteiger partial charge in [0.15, 0.2) is 0 Å². The number of hydrogen-bond donors (Lipinski definition) is 1. The number of benzene rings is 1. The molecule has 0 saturated heterocycles. The summed E-state index contributed by atoms with van der Waals surface area (Å²) < 4.78 is 13.8. The molecule has 0 unspecified atom stereocenters. The molecule has 22 heavy (non-hydrogen) atoms. The Morgan fingerprint density at radius 1 is 1.41 bits per heavy atom. The standard InChI is InChI=1S/C16H20FN3OS/c1-16(2,9-18)10-20(3)15(21)13-8-22-14(19-13)11-6-4-5-7-12(11)17/h4-8H,9-10,18H2,1-3H3. The zero-order valence-corrected chi connectivity index (χ0v) is 13.8. The SMILES string of the molecule is CN(CC(C)(C)CN)C(=O)c1csc(-c2ccccc2F)n1. The fourth-order valence-corrected chi connectivity index (χ4v) is 2.92. The molecule has 0 saturated carbocycles. The Bertz CT molecular complexity index is 669. The lowest BCUT2D eigenvalue weighted by molar-refractivity contribution is 0.0735. The van der Waals surface area contributed by atoms with Gasteiger partial charge in [0.05, 0.1) is 0 Å². The predicted molar refractivity (Wildman–Crippen MR) is 87.3 cm³/mol. The van der Waals surface area contributed by atoms with Gasteiger partial charge in [-0.15, -0.1) is 11.3 Å². The minimum absolute atomic E-state index is 0.158. The van der Waals surface area contributed by atoms with Gasteiger partial charge in [-0.3, -0.25) is 4.79 Å². The van der Waals surface area contributed by atoms with Gasteiger partial charge in [-0.1, -0.05) is 26.0 Å². The van der Waals surface area contributed by atoms with Crippen LogP contribution in [-0.4, -0.2) is 35.9 Å². The van der Waals surface area contributed by atoms with Gasteiger partial charge >= 0.3 is 0 Å². The van der Waals surface area contributed by atoms with Gasteiger partial charge in [0, 0.05) is 24.5 Å². The number of carbonyl (C=O) groups is 1. The van der Waals surface area contributed by atoms with Crippen LogP contribution < -0.4 is 5.73 Å². The van der Waals surface area contributed by atoms with Gasteiger partial charge < -0.3 is 10.6 Å². The molecule has 0 bridgehead atoms. The molecule has 1 amide bonds. The summed E-state index contributed by atoms with van der Waals surface area (Å²) in [6.07, 6.45) is 0. The summed E-state index contributed by atoms with van der Waals surface area (Å²) in [6.45, 7) is 5.03. The van der Waals surface area contributed by atoms with Crippen LogP contribution in [0.25, 0.3) is 10.6 Å². The second-order valence-corrected chi connectivity index (χ2v) is 6.91. The summed E-state index contributed by atoms with van der Waals surface area (Å²) in [6, 6.07) is 6.41. The fraction of sp³-hybridized carbons (Fsp3) is 0.375. The Balaban J connectivity index is 2.18. The van der Waals surface area contributed by atoms with Crippen molar-refractivity contribution in [1.29, 1.82) is 0 Å². The van der Waals surface area contributed by atoms with Crippen LogP contribution in [0.3, 0.4) is 0 Å². The predicted octanol–water partition coefficient (Wildman–Crippen LogP) is 3.01. The van der Waals surface area contributed by atoms with Crippen molar-refractivity contribution in [2.75, 3.05) is 20.1 Å². The first-order chi connectivity index (χ1) is 10.3. The average molecular weight is 321 g/mol. The molecular weight excluding hydrogens is 301 g/mol. The first kappa shape index (κ1) is 16.6.